The molecular formula is C14H21Br2NO2. The fraction of sp³-hybridized carbons (Fsp3) is 0.571. The molecule has 0 aliphatic carbocycles. The van der Waals surface area contributed by atoms with Gasteiger partial charge in [-0.1, -0.05) is 0 Å². The molecule has 3 nitrogen and oxygen atoms in total. The molecule has 19 heavy (non-hydrogen) atoms. The summed E-state index contributed by atoms with van der Waals surface area (Å²) in [7, 11) is 0. The van der Waals surface area contributed by atoms with Crippen molar-refractivity contribution in [3.63, 3.8) is 0 Å². The Morgan fingerprint density at radius 1 is 1.21 bits per heavy atom. The van der Waals surface area contributed by atoms with Gasteiger partial charge in [-0.2, -0.15) is 0 Å². The topological polar surface area (TPSA) is 30.5 Å². The molecule has 0 atom stereocenters. The van der Waals surface area contributed by atoms with Crippen LogP contribution >= 0.6 is 31.9 Å². The van der Waals surface area contributed by atoms with Gasteiger partial charge in [-0.05, 0) is 70.3 Å². The second kappa shape index (κ2) is 8.95. The van der Waals surface area contributed by atoms with Gasteiger partial charge in [0.15, 0.2) is 0 Å². The van der Waals surface area contributed by atoms with E-state index in [-0.39, 0.29) is 6.10 Å². The molecule has 0 aliphatic heterocycles. The Bertz CT molecular complexity index is 374. The van der Waals surface area contributed by atoms with Gasteiger partial charge in [0.25, 0.3) is 0 Å². The van der Waals surface area contributed by atoms with Crippen LogP contribution in [0, 0.1) is 0 Å². The van der Waals surface area contributed by atoms with E-state index in [1.165, 1.54) is 5.56 Å². The van der Waals surface area contributed by atoms with Gasteiger partial charge >= 0.3 is 0 Å². The lowest BCUT2D eigenvalue weighted by molar-refractivity contribution is 0.0807. The van der Waals surface area contributed by atoms with Crippen molar-refractivity contribution >= 4 is 31.9 Å². The average molecular weight is 395 g/mol. The van der Waals surface area contributed by atoms with E-state index in [0.717, 1.165) is 34.4 Å². The molecule has 0 heterocycles. The Hall–Kier alpha value is -0.100. The summed E-state index contributed by atoms with van der Waals surface area (Å²) in [4.78, 5) is 0. The first-order chi connectivity index (χ1) is 9.04. The van der Waals surface area contributed by atoms with E-state index in [2.05, 4.69) is 49.3 Å². The zero-order chi connectivity index (χ0) is 14.3. The maximum atomic E-state index is 5.56. The molecule has 0 saturated heterocycles. The first-order valence-electron chi connectivity index (χ1n) is 6.47. The number of nitrogens with one attached hydrogen (secondary N) is 1. The highest BCUT2D eigenvalue weighted by atomic mass is 79.9. The van der Waals surface area contributed by atoms with Gasteiger partial charge in [0.05, 0.1) is 28.3 Å². The summed E-state index contributed by atoms with van der Waals surface area (Å²) in [6.45, 7) is 9.11. The molecule has 1 aromatic rings. The number of ether oxygens (including phenoxy) is 2. The molecule has 0 aromatic heterocycles. The summed E-state index contributed by atoms with van der Waals surface area (Å²) in [6, 6.07) is 4.15. The zero-order valence-electron chi connectivity index (χ0n) is 11.6. The largest absolute Gasteiger partial charge is 0.492 e. The molecular weight excluding hydrogens is 374 g/mol. The van der Waals surface area contributed by atoms with Crippen molar-refractivity contribution in [3.8, 4) is 5.75 Å². The van der Waals surface area contributed by atoms with Crippen LogP contribution in [-0.2, 0) is 11.3 Å². The van der Waals surface area contributed by atoms with Crippen LogP contribution < -0.4 is 10.1 Å². The lowest BCUT2D eigenvalue weighted by Gasteiger charge is -2.12. The van der Waals surface area contributed by atoms with Crippen LogP contribution in [0.15, 0.2) is 21.1 Å². The van der Waals surface area contributed by atoms with Crippen molar-refractivity contribution in [2.45, 2.75) is 33.4 Å². The molecule has 0 aliphatic rings. The van der Waals surface area contributed by atoms with Crippen LogP contribution in [0.25, 0.3) is 0 Å². The third-order valence-corrected chi connectivity index (χ3v) is 3.58. The molecule has 0 spiro atoms. The number of rotatable bonds is 8. The van der Waals surface area contributed by atoms with Crippen LogP contribution in [0.5, 0.6) is 5.75 Å². The standard InChI is InChI=1S/C14H21Br2NO2/c1-4-18-14-12(15)7-11(8-13(14)16)9-17-5-6-19-10(2)3/h7-8,10,17H,4-6,9H2,1-3H3. The van der Waals surface area contributed by atoms with E-state index in [1.54, 1.807) is 0 Å². The van der Waals surface area contributed by atoms with Crippen LogP contribution in [0.1, 0.15) is 26.3 Å². The van der Waals surface area contributed by atoms with Gasteiger partial charge in [-0.15, -0.1) is 0 Å². The summed E-state index contributed by atoms with van der Waals surface area (Å²) in [5.74, 6) is 0.856. The molecule has 0 fully saturated rings. The fourth-order valence-electron chi connectivity index (χ4n) is 1.60. The molecule has 1 aromatic carbocycles. The zero-order valence-corrected chi connectivity index (χ0v) is 14.8. The molecule has 1 rings (SSSR count). The fourth-order valence-corrected chi connectivity index (χ4v) is 3.11. The van der Waals surface area contributed by atoms with Gasteiger partial charge in [0.2, 0.25) is 0 Å². The Morgan fingerprint density at radius 2 is 1.84 bits per heavy atom. The number of halogens is 2. The minimum atomic E-state index is 0.288. The predicted molar refractivity (Wildman–Crippen MR) is 85.8 cm³/mol. The minimum absolute atomic E-state index is 0.288. The number of hydrogen-bond donors (Lipinski definition) is 1. The first kappa shape index (κ1) is 17.0. The summed E-state index contributed by atoms with van der Waals surface area (Å²) in [6.07, 6.45) is 0.288. The summed E-state index contributed by atoms with van der Waals surface area (Å²) >= 11 is 7.07. The quantitative estimate of drug-likeness (QED) is 0.672. The maximum Gasteiger partial charge on any atom is 0.147 e. The van der Waals surface area contributed by atoms with Crippen molar-refractivity contribution in [1.82, 2.24) is 5.32 Å². The monoisotopic (exact) mass is 393 g/mol. The first-order valence-corrected chi connectivity index (χ1v) is 8.06. The van der Waals surface area contributed by atoms with Crippen molar-refractivity contribution in [3.05, 3.63) is 26.6 Å². The summed E-state index contributed by atoms with van der Waals surface area (Å²) < 4.78 is 13.0. The van der Waals surface area contributed by atoms with E-state index in [0.29, 0.717) is 6.61 Å². The Kier molecular flexibility index (Phi) is 7.99. The molecule has 108 valence electrons. The number of benzene rings is 1. The van der Waals surface area contributed by atoms with E-state index in [4.69, 9.17) is 9.47 Å². The molecule has 0 radical (unpaired) electrons. The molecule has 0 saturated carbocycles. The normalized spacial score (nSPS) is 11.1. The van der Waals surface area contributed by atoms with Gasteiger partial charge in [-0.25, -0.2) is 0 Å². The van der Waals surface area contributed by atoms with E-state index < -0.39 is 0 Å². The summed E-state index contributed by atoms with van der Waals surface area (Å²) in [5, 5.41) is 3.36. The van der Waals surface area contributed by atoms with Crippen molar-refractivity contribution in [2.75, 3.05) is 19.8 Å². The third kappa shape index (κ3) is 6.25. The van der Waals surface area contributed by atoms with Crippen LogP contribution in [0.3, 0.4) is 0 Å². The molecule has 1 N–H and O–H groups in total. The Balaban J connectivity index is 2.47. The Labute approximate surface area is 132 Å². The predicted octanol–water partition coefficient (Wildman–Crippen LogP) is 4.12. The van der Waals surface area contributed by atoms with Gasteiger partial charge in [-0.3, -0.25) is 0 Å². The highest BCUT2D eigenvalue weighted by molar-refractivity contribution is 9.11. The SMILES string of the molecule is CCOc1c(Br)cc(CNCCOC(C)C)cc1Br. The van der Waals surface area contributed by atoms with Crippen molar-refractivity contribution < 1.29 is 9.47 Å². The highest BCUT2D eigenvalue weighted by Crippen LogP contribution is 2.34. The van der Waals surface area contributed by atoms with Gasteiger partial charge in [0, 0.05) is 13.1 Å². The minimum Gasteiger partial charge on any atom is -0.492 e. The molecule has 0 unspecified atom stereocenters. The average Bonchev–Trinajstić information content (AvgIpc) is 2.33. The van der Waals surface area contributed by atoms with Crippen molar-refractivity contribution in [1.29, 1.82) is 0 Å². The van der Waals surface area contributed by atoms with E-state index >= 15 is 0 Å². The molecule has 5 heteroatoms. The lowest BCUT2D eigenvalue weighted by atomic mass is 10.2. The lowest BCUT2D eigenvalue weighted by Crippen LogP contribution is -2.21. The smallest absolute Gasteiger partial charge is 0.147 e. The number of hydrogen-bond acceptors (Lipinski definition) is 3. The van der Waals surface area contributed by atoms with E-state index in [1.807, 2.05) is 20.8 Å². The van der Waals surface area contributed by atoms with Gasteiger partial charge in [0.1, 0.15) is 5.75 Å². The summed E-state index contributed by atoms with van der Waals surface area (Å²) in [5.41, 5.74) is 1.20. The maximum absolute atomic E-state index is 5.56. The van der Waals surface area contributed by atoms with Crippen LogP contribution in [0.2, 0.25) is 0 Å². The van der Waals surface area contributed by atoms with Crippen LogP contribution in [-0.4, -0.2) is 25.9 Å². The molecule has 0 amide bonds. The third-order valence-electron chi connectivity index (χ3n) is 2.41. The van der Waals surface area contributed by atoms with Gasteiger partial charge < -0.3 is 14.8 Å². The van der Waals surface area contributed by atoms with E-state index in [9.17, 15) is 0 Å². The second-order valence-corrected chi connectivity index (χ2v) is 6.13. The molecule has 0 bridgehead atoms. The Morgan fingerprint density at radius 3 is 2.37 bits per heavy atom. The second-order valence-electron chi connectivity index (χ2n) is 4.42. The van der Waals surface area contributed by atoms with Crippen molar-refractivity contribution in [2.24, 2.45) is 0 Å². The highest BCUT2D eigenvalue weighted by Gasteiger charge is 2.08. The van der Waals surface area contributed by atoms with Crippen LogP contribution in [0.4, 0.5) is 0 Å².